The van der Waals surface area contributed by atoms with Crippen LogP contribution < -0.4 is 5.32 Å². The fraction of sp³-hybridized carbons (Fsp3) is 0. The molecule has 14 heavy (non-hydrogen) atoms. The Morgan fingerprint density at radius 2 is 2.50 bits per heavy atom. The second kappa shape index (κ2) is 2.87. The zero-order chi connectivity index (χ0) is 10.1. The fourth-order valence-corrected chi connectivity index (χ4v) is 1.08. The van der Waals surface area contributed by atoms with Crippen molar-refractivity contribution < 1.29 is 19.1 Å². The van der Waals surface area contributed by atoms with Crippen LogP contribution >= 0.6 is 0 Å². The summed E-state index contributed by atoms with van der Waals surface area (Å²) in [6, 6.07) is 1.29. The molecule has 7 heteroatoms. The molecule has 0 radical (unpaired) electrons. The Morgan fingerprint density at radius 3 is 3.14 bits per heavy atom. The SMILES string of the molecule is O=CNc1n[nH]c2cc(C(=O)O)oc12. The number of aromatic nitrogens is 2. The highest BCUT2D eigenvalue weighted by molar-refractivity contribution is 5.95. The molecular weight excluding hydrogens is 190 g/mol. The fourth-order valence-electron chi connectivity index (χ4n) is 1.08. The predicted molar refractivity (Wildman–Crippen MR) is 45.0 cm³/mol. The van der Waals surface area contributed by atoms with Crippen molar-refractivity contribution in [2.24, 2.45) is 0 Å². The van der Waals surface area contributed by atoms with Crippen LogP contribution in [-0.2, 0) is 4.79 Å². The van der Waals surface area contributed by atoms with Crippen molar-refractivity contribution in [2.75, 3.05) is 5.32 Å². The Bertz CT molecular complexity index is 498. The number of fused-ring (bicyclic) bond motifs is 1. The van der Waals surface area contributed by atoms with Crippen LogP contribution in [-0.4, -0.2) is 27.7 Å². The lowest BCUT2D eigenvalue weighted by molar-refractivity contribution is -0.105. The van der Waals surface area contributed by atoms with Gasteiger partial charge in [-0.25, -0.2) is 4.79 Å². The highest BCUT2D eigenvalue weighted by atomic mass is 16.4. The summed E-state index contributed by atoms with van der Waals surface area (Å²) in [5, 5.41) is 17.1. The summed E-state index contributed by atoms with van der Waals surface area (Å²) >= 11 is 0. The maximum absolute atomic E-state index is 10.5. The number of nitrogens with one attached hydrogen (secondary N) is 2. The van der Waals surface area contributed by atoms with Gasteiger partial charge in [-0.3, -0.25) is 9.89 Å². The quantitative estimate of drug-likeness (QED) is 0.615. The van der Waals surface area contributed by atoms with E-state index < -0.39 is 5.97 Å². The minimum absolute atomic E-state index is 0.169. The number of aromatic amines is 1. The maximum atomic E-state index is 10.5. The van der Waals surface area contributed by atoms with Crippen molar-refractivity contribution >= 4 is 29.3 Å². The van der Waals surface area contributed by atoms with Gasteiger partial charge >= 0.3 is 5.97 Å². The van der Waals surface area contributed by atoms with E-state index in [1.165, 1.54) is 6.07 Å². The van der Waals surface area contributed by atoms with Crippen LogP contribution in [0.3, 0.4) is 0 Å². The molecular formula is C7H5N3O4. The molecule has 3 N–H and O–H groups in total. The third-order valence-corrected chi connectivity index (χ3v) is 1.64. The van der Waals surface area contributed by atoms with E-state index >= 15 is 0 Å². The molecule has 2 rings (SSSR count). The molecule has 0 aliphatic heterocycles. The standard InChI is InChI=1S/C7H5N3O4/c11-2-8-6-5-3(9-10-6)1-4(14-5)7(12)13/h1-2H,(H,12,13)(H2,8,9,10,11). The van der Waals surface area contributed by atoms with Gasteiger partial charge in [-0.15, -0.1) is 0 Å². The normalized spacial score (nSPS) is 10.3. The Balaban J connectivity index is 2.55. The molecule has 72 valence electrons. The predicted octanol–water partition coefficient (Wildman–Crippen LogP) is 0.422. The van der Waals surface area contributed by atoms with Gasteiger partial charge in [0.15, 0.2) is 11.4 Å². The van der Waals surface area contributed by atoms with Gasteiger partial charge in [0.05, 0.1) is 0 Å². The molecule has 0 bridgehead atoms. The van der Waals surface area contributed by atoms with Crippen molar-refractivity contribution in [2.45, 2.75) is 0 Å². The summed E-state index contributed by atoms with van der Waals surface area (Å²) in [7, 11) is 0. The monoisotopic (exact) mass is 195 g/mol. The number of amides is 1. The van der Waals surface area contributed by atoms with Crippen LogP contribution in [0.1, 0.15) is 10.6 Å². The third kappa shape index (κ3) is 1.11. The van der Waals surface area contributed by atoms with Crippen molar-refractivity contribution in [1.29, 1.82) is 0 Å². The number of H-pyrrole nitrogens is 1. The first-order chi connectivity index (χ1) is 6.72. The van der Waals surface area contributed by atoms with E-state index in [0.29, 0.717) is 11.9 Å². The Hall–Kier alpha value is -2.31. The van der Waals surface area contributed by atoms with E-state index in [-0.39, 0.29) is 17.2 Å². The van der Waals surface area contributed by atoms with Crippen molar-refractivity contribution in [3.63, 3.8) is 0 Å². The molecule has 2 aromatic rings. The van der Waals surface area contributed by atoms with Gasteiger partial charge in [-0.1, -0.05) is 0 Å². The molecule has 0 spiro atoms. The van der Waals surface area contributed by atoms with Gasteiger partial charge in [0, 0.05) is 6.07 Å². The smallest absolute Gasteiger partial charge is 0.371 e. The number of carbonyl (C=O) groups is 2. The molecule has 0 aliphatic rings. The van der Waals surface area contributed by atoms with E-state index in [4.69, 9.17) is 9.52 Å². The van der Waals surface area contributed by atoms with Crippen LogP contribution in [0, 0.1) is 0 Å². The van der Waals surface area contributed by atoms with Crippen LogP contribution in [0.4, 0.5) is 5.82 Å². The molecule has 0 unspecified atom stereocenters. The molecule has 7 nitrogen and oxygen atoms in total. The molecule has 1 amide bonds. The summed E-state index contributed by atoms with van der Waals surface area (Å²) in [4.78, 5) is 20.7. The van der Waals surface area contributed by atoms with E-state index in [1.807, 2.05) is 0 Å². The molecule has 0 fully saturated rings. The lowest BCUT2D eigenvalue weighted by Crippen LogP contribution is -1.95. The van der Waals surface area contributed by atoms with E-state index in [2.05, 4.69) is 15.5 Å². The number of carboxylic acid groups (broad SMARTS) is 1. The van der Waals surface area contributed by atoms with Crippen LogP contribution in [0.5, 0.6) is 0 Å². The molecule has 2 aromatic heterocycles. The first-order valence-electron chi connectivity index (χ1n) is 3.63. The van der Waals surface area contributed by atoms with Gasteiger partial charge in [-0.05, 0) is 0 Å². The summed E-state index contributed by atoms with van der Waals surface area (Å²) < 4.78 is 4.94. The topological polar surface area (TPSA) is 108 Å². The third-order valence-electron chi connectivity index (χ3n) is 1.64. The van der Waals surface area contributed by atoms with Crippen molar-refractivity contribution in [3.8, 4) is 0 Å². The number of furan rings is 1. The van der Waals surface area contributed by atoms with E-state index in [1.54, 1.807) is 0 Å². The number of hydrogen-bond acceptors (Lipinski definition) is 4. The Morgan fingerprint density at radius 1 is 1.71 bits per heavy atom. The number of carbonyl (C=O) groups excluding carboxylic acids is 1. The average Bonchev–Trinajstić information content (AvgIpc) is 2.67. The summed E-state index contributed by atoms with van der Waals surface area (Å²) in [5.41, 5.74) is 0.640. The highest BCUT2D eigenvalue weighted by Gasteiger charge is 2.15. The molecule has 0 saturated carbocycles. The maximum Gasteiger partial charge on any atom is 0.371 e. The zero-order valence-electron chi connectivity index (χ0n) is 6.77. The van der Waals surface area contributed by atoms with Gasteiger partial charge in [0.2, 0.25) is 12.2 Å². The number of hydrogen-bond donors (Lipinski definition) is 3. The van der Waals surface area contributed by atoms with Crippen LogP contribution in [0.25, 0.3) is 11.1 Å². The van der Waals surface area contributed by atoms with Crippen LogP contribution in [0.2, 0.25) is 0 Å². The largest absolute Gasteiger partial charge is 0.475 e. The second-order valence-electron chi connectivity index (χ2n) is 2.49. The van der Waals surface area contributed by atoms with Crippen molar-refractivity contribution in [1.82, 2.24) is 10.2 Å². The van der Waals surface area contributed by atoms with Crippen LogP contribution in [0.15, 0.2) is 10.5 Å². The Labute approximate surface area is 76.7 Å². The average molecular weight is 195 g/mol. The first kappa shape index (κ1) is 8.30. The van der Waals surface area contributed by atoms with E-state index in [9.17, 15) is 9.59 Å². The zero-order valence-corrected chi connectivity index (χ0v) is 6.77. The molecule has 2 heterocycles. The minimum Gasteiger partial charge on any atom is -0.475 e. The number of nitrogens with zero attached hydrogens (tertiary/aromatic N) is 1. The number of carboxylic acids is 1. The minimum atomic E-state index is -1.17. The second-order valence-corrected chi connectivity index (χ2v) is 2.49. The molecule has 0 aliphatic carbocycles. The number of rotatable bonds is 3. The van der Waals surface area contributed by atoms with E-state index in [0.717, 1.165) is 0 Å². The lowest BCUT2D eigenvalue weighted by atomic mass is 10.4. The molecule has 0 aromatic carbocycles. The number of anilines is 1. The summed E-state index contributed by atoms with van der Waals surface area (Å²) in [5.74, 6) is -1.21. The molecule has 0 atom stereocenters. The molecule has 0 saturated heterocycles. The van der Waals surface area contributed by atoms with Gasteiger partial charge in [0.25, 0.3) is 0 Å². The van der Waals surface area contributed by atoms with Gasteiger partial charge in [0.1, 0.15) is 5.52 Å². The lowest BCUT2D eigenvalue weighted by Gasteiger charge is -1.88. The van der Waals surface area contributed by atoms with Crippen molar-refractivity contribution in [3.05, 3.63) is 11.8 Å². The van der Waals surface area contributed by atoms with Gasteiger partial charge in [-0.2, -0.15) is 5.10 Å². The Kier molecular flexibility index (Phi) is 1.70. The first-order valence-corrected chi connectivity index (χ1v) is 3.63. The highest BCUT2D eigenvalue weighted by Crippen LogP contribution is 2.23. The summed E-state index contributed by atoms with van der Waals surface area (Å²) in [6.07, 6.45) is 0.429. The number of aromatic carboxylic acids is 1. The summed E-state index contributed by atoms with van der Waals surface area (Å²) in [6.45, 7) is 0. The van der Waals surface area contributed by atoms with Gasteiger partial charge < -0.3 is 14.8 Å².